The number of aromatic nitrogens is 3. The lowest BCUT2D eigenvalue weighted by Gasteiger charge is -2.12. The summed E-state index contributed by atoms with van der Waals surface area (Å²) in [7, 11) is 0. The number of hydrogen-bond acceptors (Lipinski definition) is 5. The van der Waals surface area contributed by atoms with Crippen LogP contribution in [0, 0.1) is 6.85 Å². The van der Waals surface area contributed by atoms with Crippen molar-refractivity contribution in [3.05, 3.63) is 95.9 Å². The molecule has 1 amide bonds. The van der Waals surface area contributed by atoms with Crippen LogP contribution in [0.15, 0.2) is 79.3 Å². The van der Waals surface area contributed by atoms with Crippen LogP contribution in [-0.4, -0.2) is 20.9 Å². The lowest BCUT2D eigenvalue weighted by molar-refractivity contribution is 0.102. The molecule has 2 N–H and O–H groups in total. The number of halogens is 1. The van der Waals surface area contributed by atoms with E-state index in [1.54, 1.807) is 30.7 Å². The molecule has 0 saturated carbocycles. The number of nitrogens with zero attached hydrogens (tertiary/aromatic N) is 3. The van der Waals surface area contributed by atoms with Gasteiger partial charge < -0.3 is 10.6 Å². The van der Waals surface area contributed by atoms with Crippen LogP contribution in [0.4, 0.5) is 17.3 Å². The summed E-state index contributed by atoms with van der Waals surface area (Å²) in [6.07, 6.45) is 4.85. The topological polar surface area (TPSA) is 79.8 Å². The van der Waals surface area contributed by atoms with Gasteiger partial charge in [0.2, 0.25) is 5.95 Å². The molecule has 0 fully saturated rings. The van der Waals surface area contributed by atoms with Crippen molar-refractivity contribution < 1.29 is 11.6 Å². The minimum Gasteiger partial charge on any atom is -0.324 e. The Balaban J connectivity index is 1.60. The maximum atomic E-state index is 12.7. The van der Waals surface area contributed by atoms with E-state index in [2.05, 4.69) is 25.6 Å². The Bertz CT molecular complexity index is 1380. The maximum Gasteiger partial charge on any atom is 0.255 e. The Morgan fingerprint density at radius 1 is 1.13 bits per heavy atom. The Morgan fingerprint density at radius 2 is 2.00 bits per heavy atom. The lowest BCUT2D eigenvalue weighted by Crippen LogP contribution is -2.12. The summed E-state index contributed by atoms with van der Waals surface area (Å²) in [5, 5.41) is 5.68. The molecule has 0 spiro atoms. The van der Waals surface area contributed by atoms with Crippen molar-refractivity contribution in [3.8, 4) is 11.3 Å². The first-order valence-electron chi connectivity index (χ1n) is 11.8. The zero-order valence-corrected chi connectivity index (χ0v) is 16.9. The highest BCUT2D eigenvalue weighted by molar-refractivity contribution is 6.17. The molecule has 154 valence electrons. The van der Waals surface area contributed by atoms with Gasteiger partial charge in [-0.1, -0.05) is 18.2 Å². The van der Waals surface area contributed by atoms with Crippen LogP contribution in [0.25, 0.3) is 11.3 Å². The molecule has 7 heteroatoms. The van der Waals surface area contributed by atoms with E-state index < -0.39 is 18.6 Å². The van der Waals surface area contributed by atoms with Gasteiger partial charge >= 0.3 is 0 Å². The number of hydrogen-bond donors (Lipinski definition) is 2. The van der Waals surface area contributed by atoms with Crippen LogP contribution in [0.1, 0.15) is 28.3 Å². The summed E-state index contributed by atoms with van der Waals surface area (Å²) in [6, 6.07) is 15.5. The average molecular weight is 435 g/mol. The molecular formula is C24H20ClN5O. The van der Waals surface area contributed by atoms with Gasteiger partial charge in [-0.25, -0.2) is 9.97 Å². The molecule has 0 radical (unpaired) electrons. The van der Waals surface area contributed by atoms with E-state index in [0.29, 0.717) is 11.4 Å². The average Bonchev–Trinajstić information content (AvgIpc) is 2.84. The number of nitrogens with one attached hydrogen (secondary N) is 2. The van der Waals surface area contributed by atoms with E-state index in [1.165, 1.54) is 42.5 Å². The number of alkyl halides is 1. The number of benzene rings is 2. The monoisotopic (exact) mass is 434 g/mol. The van der Waals surface area contributed by atoms with Gasteiger partial charge in [-0.05, 0) is 60.4 Å². The van der Waals surface area contributed by atoms with Crippen molar-refractivity contribution >= 4 is 34.8 Å². The van der Waals surface area contributed by atoms with Crippen LogP contribution in [0.3, 0.4) is 0 Å². The normalized spacial score (nSPS) is 13.8. The van der Waals surface area contributed by atoms with Crippen molar-refractivity contribution in [3.63, 3.8) is 0 Å². The first-order chi connectivity index (χ1) is 17.0. The molecule has 2 aromatic heterocycles. The molecule has 0 aliphatic carbocycles. The molecule has 0 aliphatic heterocycles. The molecule has 31 heavy (non-hydrogen) atoms. The molecule has 0 saturated heterocycles. The third-order valence-electron chi connectivity index (χ3n) is 4.39. The number of amides is 1. The molecule has 4 aromatic rings. The highest BCUT2D eigenvalue weighted by Gasteiger charge is 2.09. The van der Waals surface area contributed by atoms with Gasteiger partial charge in [0.05, 0.1) is 5.69 Å². The number of rotatable bonds is 6. The molecule has 0 atom stereocenters. The fraction of sp³-hybridized carbons (Fsp3) is 0.0833. The highest BCUT2D eigenvalue weighted by atomic mass is 35.5. The Morgan fingerprint density at radius 3 is 2.74 bits per heavy atom. The van der Waals surface area contributed by atoms with E-state index in [0.717, 1.165) is 5.56 Å². The fourth-order valence-corrected chi connectivity index (χ4v) is 2.95. The van der Waals surface area contributed by atoms with E-state index in [1.807, 2.05) is 6.07 Å². The molecule has 0 bridgehead atoms. The summed E-state index contributed by atoms with van der Waals surface area (Å²) < 4.78 is 38.8. The van der Waals surface area contributed by atoms with Crippen molar-refractivity contribution in [1.82, 2.24) is 15.0 Å². The Labute approximate surface area is 192 Å². The van der Waals surface area contributed by atoms with Crippen LogP contribution in [-0.2, 0) is 5.83 Å². The first kappa shape index (κ1) is 15.1. The first-order valence-corrected chi connectivity index (χ1v) is 9.64. The Kier molecular flexibility index (Phi) is 4.56. The van der Waals surface area contributed by atoms with Gasteiger partial charge in [0.1, 0.15) is 0 Å². The predicted molar refractivity (Wildman–Crippen MR) is 124 cm³/mol. The lowest BCUT2D eigenvalue weighted by atomic mass is 10.1. The molecule has 4 rings (SSSR count). The third-order valence-corrected chi connectivity index (χ3v) is 4.61. The van der Waals surface area contributed by atoms with Crippen molar-refractivity contribution in [2.45, 2.75) is 12.7 Å². The van der Waals surface area contributed by atoms with Gasteiger partial charge in [0.15, 0.2) is 0 Å². The number of pyridine rings is 1. The van der Waals surface area contributed by atoms with Crippen LogP contribution in [0.2, 0.25) is 0 Å². The van der Waals surface area contributed by atoms with Gasteiger partial charge in [-0.3, -0.25) is 9.78 Å². The third kappa shape index (κ3) is 5.05. The second-order valence-corrected chi connectivity index (χ2v) is 6.71. The smallest absolute Gasteiger partial charge is 0.255 e. The number of carbonyl (C=O) groups excluding carboxylic acids is 1. The van der Waals surface area contributed by atoms with Crippen LogP contribution in [0.5, 0.6) is 0 Å². The number of anilines is 3. The van der Waals surface area contributed by atoms with Crippen LogP contribution < -0.4 is 10.6 Å². The van der Waals surface area contributed by atoms with E-state index >= 15 is 0 Å². The zero-order chi connectivity index (χ0) is 25.9. The standard InChI is InChI=1S/C24H20ClN5O/c1-16-4-9-20(28-23(31)18-7-5-17(14-25)6-8-18)13-22(16)30-24-27-12-10-21(29-24)19-3-2-11-26-15-19/h2-13,15H,14H2,1H3,(H,28,31)(H,27,29,30)/i1D3,14D2. The molecule has 2 heterocycles. The molecule has 0 aliphatic rings. The minimum atomic E-state index is -2.43. The Hall–Kier alpha value is -3.77. The fourth-order valence-electron chi connectivity index (χ4n) is 2.83. The van der Waals surface area contributed by atoms with Crippen molar-refractivity contribution in [2.24, 2.45) is 0 Å². The van der Waals surface area contributed by atoms with Crippen molar-refractivity contribution in [1.29, 1.82) is 0 Å². The number of aryl methyl sites for hydroxylation is 1. The van der Waals surface area contributed by atoms with Gasteiger partial charge in [0, 0.05) is 53.8 Å². The number of carbonyl (C=O) groups is 1. The molecule has 6 nitrogen and oxygen atoms in total. The van der Waals surface area contributed by atoms with Crippen LogP contribution >= 0.6 is 11.6 Å². The predicted octanol–water partition coefficient (Wildman–Crippen LogP) is 5.58. The van der Waals surface area contributed by atoms with Crippen molar-refractivity contribution in [2.75, 3.05) is 10.6 Å². The molecule has 0 unspecified atom stereocenters. The quantitative estimate of drug-likeness (QED) is 0.387. The summed E-state index contributed by atoms with van der Waals surface area (Å²) >= 11 is 5.67. The molecular weight excluding hydrogens is 410 g/mol. The highest BCUT2D eigenvalue weighted by Crippen LogP contribution is 2.24. The van der Waals surface area contributed by atoms with E-state index in [9.17, 15) is 4.79 Å². The van der Waals surface area contributed by atoms with Gasteiger partial charge in [-0.15, -0.1) is 11.6 Å². The second-order valence-electron chi connectivity index (χ2n) is 6.52. The maximum absolute atomic E-state index is 12.7. The van der Waals surface area contributed by atoms with Gasteiger partial charge in [-0.2, -0.15) is 0 Å². The SMILES string of the molecule is [2H]C([2H])([2H])c1ccc(NC(=O)c2ccc(C([2H])([2H])Cl)cc2)cc1Nc1nccc(-c2cccnc2)n1. The zero-order valence-electron chi connectivity index (χ0n) is 21.1. The van der Waals surface area contributed by atoms with Gasteiger partial charge in [0.25, 0.3) is 5.91 Å². The van der Waals surface area contributed by atoms with E-state index in [-0.39, 0.29) is 28.3 Å². The summed E-state index contributed by atoms with van der Waals surface area (Å²) in [5.74, 6) is -2.33. The largest absolute Gasteiger partial charge is 0.324 e. The second kappa shape index (κ2) is 9.36. The summed E-state index contributed by atoms with van der Waals surface area (Å²) in [5.41, 5.74) is 2.46. The summed E-state index contributed by atoms with van der Waals surface area (Å²) in [4.78, 5) is 25.5. The molecule has 2 aromatic carbocycles. The minimum absolute atomic E-state index is 0.0320. The van der Waals surface area contributed by atoms with E-state index in [4.69, 9.17) is 18.5 Å². The summed E-state index contributed by atoms with van der Waals surface area (Å²) in [6.45, 7) is -2.43.